The lowest BCUT2D eigenvalue weighted by Crippen LogP contribution is -2.42. The largest absolute Gasteiger partial charge is 0.500 e. The first-order valence-corrected chi connectivity index (χ1v) is 7.99. The molecule has 18 heavy (non-hydrogen) atoms. The van der Waals surface area contributed by atoms with Gasteiger partial charge in [0.2, 0.25) is 0 Å². The number of hydrogen-bond donors (Lipinski definition) is 0. The zero-order valence-corrected chi connectivity index (χ0v) is 12.2. The molecule has 1 rings (SSSR count). The molecule has 1 aromatic carbocycles. The maximum atomic E-state index is 12.7. The second-order valence-electron chi connectivity index (χ2n) is 4.13. The Bertz CT molecular complexity index is 330. The minimum atomic E-state index is -2.42. The first-order valence-electron chi connectivity index (χ1n) is 6.05. The molecule has 0 aromatic heterocycles. The molecule has 0 spiro atoms. The van der Waals surface area contributed by atoms with Crippen LogP contribution >= 0.6 is 0 Å². The lowest BCUT2D eigenvalue weighted by atomic mass is 10.1. The highest BCUT2D eigenvalue weighted by atomic mass is 28.4. The molecule has 1 aromatic rings. The third kappa shape index (κ3) is 4.49. The monoisotopic (exact) mass is 272 g/mol. The molecular formula is C13H21FO3Si. The molecule has 0 heterocycles. The van der Waals surface area contributed by atoms with Crippen molar-refractivity contribution in [3.05, 3.63) is 35.6 Å². The van der Waals surface area contributed by atoms with Crippen molar-refractivity contribution >= 4 is 8.80 Å². The van der Waals surface area contributed by atoms with E-state index in [9.17, 15) is 4.39 Å². The second kappa shape index (κ2) is 7.63. The van der Waals surface area contributed by atoms with Gasteiger partial charge in [0.25, 0.3) is 0 Å². The summed E-state index contributed by atoms with van der Waals surface area (Å²) in [6.07, 6.45) is 2.91. The average Bonchev–Trinajstić information content (AvgIpc) is 2.42. The SMILES string of the molecule is CO[Si](CCCCc1ccc(F)cc1)(OC)OC. The van der Waals surface area contributed by atoms with E-state index in [0.29, 0.717) is 0 Å². The topological polar surface area (TPSA) is 27.7 Å². The molecule has 0 saturated heterocycles. The number of aryl methyl sites for hydroxylation is 1. The number of halogens is 1. The molecule has 0 fully saturated rings. The minimum Gasteiger partial charge on any atom is -0.377 e. The summed E-state index contributed by atoms with van der Waals surface area (Å²) < 4.78 is 28.8. The Hall–Kier alpha value is -0.753. The van der Waals surface area contributed by atoms with Crippen LogP contribution in [0.25, 0.3) is 0 Å². The summed E-state index contributed by atoms with van der Waals surface area (Å²) in [5.41, 5.74) is 1.15. The highest BCUT2D eigenvalue weighted by Crippen LogP contribution is 2.17. The number of unbranched alkanes of at least 4 members (excludes halogenated alkanes) is 1. The van der Waals surface area contributed by atoms with E-state index in [4.69, 9.17) is 13.3 Å². The molecule has 0 aliphatic rings. The van der Waals surface area contributed by atoms with Crippen molar-refractivity contribution in [1.82, 2.24) is 0 Å². The van der Waals surface area contributed by atoms with Gasteiger partial charge in [-0.2, -0.15) is 0 Å². The third-order valence-corrected chi connectivity index (χ3v) is 5.88. The third-order valence-electron chi connectivity index (χ3n) is 3.04. The standard InChI is InChI=1S/C13H21FO3Si/c1-15-18(16-2,17-3)11-5-4-6-12-7-9-13(14)10-8-12/h7-10H,4-6,11H2,1-3H3. The molecule has 3 nitrogen and oxygen atoms in total. The van der Waals surface area contributed by atoms with Crippen LogP contribution in [0.5, 0.6) is 0 Å². The van der Waals surface area contributed by atoms with E-state index < -0.39 is 8.80 Å². The van der Waals surface area contributed by atoms with E-state index in [1.165, 1.54) is 12.1 Å². The smallest absolute Gasteiger partial charge is 0.377 e. The van der Waals surface area contributed by atoms with Crippen LogP contribution in [0.1, 0.15) is 18.4 Å². The van der Waals surface area contributed by atoms with Crippen molar-refractivity contribution in [3.63, 3.8) is 0 Å². The molecule has 0 radical (unpaired) electrons. The summed E-state index contributed by atoms with van der Waals surface area (Å²) in [4.78, 5) is 0. The number of hydrogen-bond acceptors (Lipinski definition) is 3. The molecule has 0 aliphatic heterocycles. The Balaban J connectivity index is 2.31. The Labute approximate surface area is 109 Å². The fourth-order valence-electron chi connectivity index (χ4n) is 1.88. The van der Waals surface area contributed by atoms with Crippen molar-refractivity contribution < 1.29 is 17.7 Å². The van der Waals surface area contributed by atoms with Crippen LogP contribution in [0, 0.1) is 5.82 Å². The van der Waals surface area contributed by atoms with Gasteiger partial charge < -0.3 is 13.3 Å². The van der Waals surface area contributed by atoms with Gasteiger partial charge in [0.1, 0.15) is 5.82 Å². The summed E-state index contributed by atoms with van der Waals surface area (Å²) in [5, 5.41) is 0. The highest BCUT2D eigenvalue weighted by Gasteiger charge is 2.36. The van der Waals surface area contributed by atoms with Gasteiger partial charge >= 0.3 is 8.80 Å². The summed E-state index contributed by atoms with van der Waals surface area (Å²) in [6, 6.07) is 7.44. The lowest BCUT2D eigenvalue weighted by Gasteiger charge is -2.24. The van der Waals surface area contributed by atoms with E-state index in [0.717, 1.165) is 30.9 Å². The number of rotatable bonds is 8. The molecule has 0 unspecified atom stereocenters. The molecule has 0 saturated carbocycles. The first-order chi connectivity index (χ1) is 8.65. The van der Waals surface area contributed by atoms with Crippen molar-refractivity contribution in [3.8, 4) is 0 Å². The van der Waals surface area contributed by atoms with Crippen LogP contribution in [0.2, 0.25) is 6.04 Å². The molecule has 102 valence electrons. The first kappa shape index (κ1) is 15.3. The fourth-order valence-corrected chi connectivity index (χ4v) is 3.67. The summed E-state index contributed by atoms with van der Waals surface area (Å²) in [7, 11) is 2.45. The van der Waals surface area contributed by atoms with E-state index in [1.54, 1.807) is 21.3 Å². The van der Waals surface area contributed by atoms with Gasteiger partial charge in [-0.05, 0) is 37.0 Å². The van der Waals surface area contributed by atoms with Gasteiger partial charge in [0, 0.05) is 27.4 Å². The maximum absolute atomic E-state index is 12.7. The fraction of sp³-hybridized carbons (Fsp3) is 0.538. The normalized spacial score (nSPS) is 11.8. The highest BCUT2D eigenvalue weighted by molar-refractivity contribution is 6.60. The van der Waals surface area contributed by atoms with Gasteiger partial charge in [0.15, 0.2) is 0 Å². The molecule has 0 bridgehead atoms. The van der Waals surface area contributed by atoms with Crippen molar-refractivity contribution in [2.45, 2.75) is 25.3 Å². The van der Waals surface area contributed by atoms with Crippen LogP contribution in [-0.4, -0.2) is 30.1 Å². The van der Waals surface area contributed by atoms with Crippen LogP contribution in [0.3, 0.4) is 0 Å². The van der Waals surface area contributed by atoms with Gasteiger partial charge in [-0.25, -0.2) is 4.39 Å². The lowest BCUT2D eigenvalue weighted by molar-refractivity contribution is 0.123. The quantitative estimate of drug-likeness (QED) is 0.538. The minimum absolute atomic E-state index is 0.191. The molecule has 0 aliphatic carbocycles. The van der Waals surface area contributed by atoms with Crippen molar-refractivity contribution in [2.24, 2.45) is 0 Å². The second-order valence-corrected chi connectivity index (χ2v) is 7.22. The predicted molar refractivity (Wildman–Crippen MR) is 70.9 cm³/mol. The van der Waals surface area contributed by atoms with Crippen molar-refractivity contribution in [1.29, 1.82) is 0 Å². The molecular weight excluding hydrogens is 251 g/mol. The Morgan fingerprint density at radius 3 is 2.00 bits per heavy atom. The summed E-state index contributed by atoms with van der Waals surface area (Å²) >= 11 is 0. The Kier molecular flexibility index (Phi) is 6.49. The van der Waals surface area contributed by atoms with Gasteiger partial charge in [-0.1, -0.05) is 12.1 Å². The van der Waals surface area contributed by atoms with Gasteiger partial charge in [-0.15, -0.1) is 0 Å². The van der Waals surface area contributed by atoms with E-state index in [1.807, 2.05) is 12.1 Å². The van der Waals surface area contributed by atoms with E-state index >= 15 is 0 Å². The average molecular weight is 272 g/mol. The van der Waals surface area contributed by atoms with E-state index in [2.05, 4.69) is 0 Å². The molecule has 0 N–H and O–H groups in total. The predicted octanol–water partition coefficient (Wildman–Crippen LogP) is 3.03. The molecule has 5 heteroatoms. The van der Waals surface area contributed by atoms with Crippen LogP contribution < -0.4 is 0 Å². The molecule has 0 atom stereocenters. The number of benzene rings is 1. The maximum Gasteiger partial charge on any atom is 0.500 e. The Morgan fingerprint density at radius 1 is 0.944 bits per heavy atom. The zero-order valence-electron chi connectivity index (χ0n) is 11.2. The van der Waals surface area contributed by atoms with Gasteiger partial charge in [-0.3, -0.25) is 0 Å². The van der Waals surface area contributed by atoms with Crippen LogP contribution in [-0.2, 0) is 19.7 Å². The van der Waals surface area contributed by atoms with Crippen molar-refractivity contribution in [2.75, 3.05) is 21.3 Å². The van der Waals surface area contributed by atoms with Crippen LogP contribution in [0.4, 0.5) is 4.39 Å². The van der Waals surface area contributed by atoms with Gasteiger partial charge in [0.05, 0.1) is 0 Å². The van der Waals surface area contributed by atoms with Crippen LogP contribution in [0.15, 0.2) is 24.3 Å². The molecule has 0 amide bonds. The summed E-state index contributed by atoms with van der Waals surface area (Å²) in [6.45, 7) is 0. The zero-order chi connectivity index (χ0) is 13.4. The Morgan fingerprint density at radius 2 is 1.50 bits per heavy atom. The summed E-state index contributed by atoms with van der Waals surface area (Å²) in [5.74, 6) is -0.191. The van der Waals surface area contributed by atoms with E-state index in [-0.39, 0.29) is 5.82 Å².